The van der Waals surface area contributed by atoms with E-state index in [9.17, 15) is 13.2 Å². The average Bonchev–Trinajstić information content (AvgIpc) is 3.07. The molecule has 1 fully saturated rings. The minimum absolute atomic E-state index is 0.135. The summed E-state index contributed by atoms with van der Waals surface area (Å²) in [6.45, 7) is 2.00. The Kier molecular flexibility index (Phi) is 4.33. The molecule has 1 saturated heterocycles. The maximum absolute atomic E-state index is 12.6. The number of thiophene rings is 1. The van der Waals surface area contributed by atoms with Crippen LogP contribution in [0.3, 0.4) is 0 Å². The van der Waals surface area contributed by atoms with Gasteiger partial charge in [0.25, 0.3) is 11.7 Å². The standard InChI is InChI=1S/C14H16N4O3S2/c15-14(19)12-9-11(10-22-12)23(20,21)18-7-5-17(6-8-18)13-3-1-2-4-16-13/h1-4,9-10H,5-8H2,(H2,15,19)/p+1. The van der Waals surface area contributed by atoms with Gasteiger partial charge in [-0.15, -0.1) is 11.3 Å². The van der Waals surface area contributed by atoms with Gasteiger partial charge < -0.3 is 5.73 Å². The van der Waals surface area contributed by atoms with Crippen LogP contribution in [0.4, 0.5) is 5.82 Å². The summed E-state index contributed by atoms with van der Waals surface area (Å²) in [5.41, 5.74) is 5.18. The van der Waals surface area contributed by atoms with Crippen molar-refractivity contribution in [3.05, 3.63) is 40.7 Å². The third kappa shape index (κ3) is 3.21. The van der Waals surface area contributed by atoms with Crippen LogP contribution in [0.25, 0.3) is 0 Å². The van der Waals surface area contributed by atoms with Gasteiger partial charge in [0.05, 0.1) is 42.1 Å². The molecule has 3 N–H and O–H groups in total. The van der Waals surface area contributed by atoms with Crippen molar-refractivity contribution in [2.75, 3.05) is 31.1 Å². The molecule has 0 bridgehead atoms. The van der Waals surface area contributed by atoms with Crippen LogP contribution >= 0.6 is 11.3 Å². The summed E-state index contributed by atoms with van der Waals surface area (Å²) < 4.78 is 26.7. The highest BCUT2D eigenvalue weighted by atomic mass is 32.2. The van der Waals surface area contributed by atoms with Gasteiger partial charge in [-0.2, -0.15) is 4.31 Å². The van der Waals surface area contributed by atoms with Gasteiger partial charge in [-0.1, -0.05) is 6.07 Å². The van der Waals surface area contributed by atoms with Crippen LogP contribution in [0, 0.1) is 0 Å². The predicted molar refractivity (Wildman–Crippen MR) is 86.8 cm³/mol. The van der Waals surface area contributed by atoms with E-state index in [4.69, 9.17) is 5.73 Å². The van der Waals surface area contributed by atoms with Gasteiger partial charge in [-0.3, -0.25) is 9.69 Å². The lowest BCUT2D eigenvalue weighted by Gasteiger charge is -2.29. The number of anilines is 1. The molecule has 2 aromatic heterocycles. The number of amides is 1. The molecule has 0 spiro atoms. The third-order valence-corrected chi connectivity index (χ3v) is 6.70. The Balaban J connectivity index is 1.72. The van der Waals surface area contributed by atoms with Crippen LogP contribution in [0.5, 0.6) is 0 Å². The van der Waals surface area contributed by atoms with Gasteiger partial charge in [0.2, 0.25) is 10.0 Å². The maximum Gasteiger partial charge on any atom is 0.274 e. The molecule has 23 heavy (non-hydrogen) atoms. The monoisotopic (exact) mass is 353 g/mol. The predicted octanol–water partition coefficient (Wildman–Crippen LogP) is 0.172. The molecular formula is C14H17N4O3S2+. The number of pyridine rings is 1. The summed E-state index contributed by atoms with van der Waals surface area (Å²) >= 11 is 1.05. The zero-order valence-electron chi connectivity index (χ0n) is 12.3. The van der Waals surface area contributed by atoms with E-state index in [0.29, 0.717) is 26.2 Å². The van der Waals surface area contributed by atoms with Gasteiger partial charge in [0.15, 0.2) is 0 Å². The van der Waals surface area contributed by atoms with Crippen LogP contribution < -0.4 is 15.6 Å². The van der Waals surface area contributed by atoms with Gasteiger partial charge in [-0.05, 0) is 12.1 Å². The molecule has 0 saturated carbocycles. The number of sulfonamides is 1. The molecule has 9 heteroatoms. The van der Waals surface area contributed by atoms with Gasteiger partial charge >= 0.3 is 0 Å². The maximum atomic E-state index is 12.6. The van der Waals surface area contributed by atoms with E-state index < -0.39 is 15.9 Å². The van der Waals surface area contributed by atoms with E-state index in [1.165, 1.54) is 15.8 Å². The molecule has 0 aliphatic carbocycles. The fourth-order valence-corrected chi connectivity index (χ4v) is 5.02. The van der Waals surface area contributed by atoms with Crippen molar-refractivity contribution in [3.63, 3.8) is 0 Å². The first-order chi connectivity index (χ1) is 11.0. The van der Waals surface area contributed by atoms with Crippen molar-refractivity contribution in [1.29, 1.82) is 0 Å². The third-order valence-electron chi connectivity index (χ3n) is 3.73. The first-order valence-corrected chi connectivity index (χ1v) is 9.40. The van der Waals surface area contributed by atoms with Crippen molar-refractivity contribution in [2.24, 2.45) is 5.73 Å². The van der Waals surface area contributed by atoms with Crippen LogP contribution in [0.1, 0.15) is 9.67 Å². The molecule has 3 rings (SSSR count). The van der Waals surface area contributed by atoms with E-state index in [-0.39, 0.29) is 9.77 Å². The highest BCUT2D eigenvalue weighted by molar-refractivity contribution is 7.89. The number of hydrogen-bond acceptors (Lipinski definition) is 5. The Labute approximate surface area is 138 Å². The number of nitrogens with one attached hydrogen (secondary N) is 1. The van der Waals surface area contributed by atoms with E-state index >= 15 is 0 Å². The van der Waals surface area contributed by atoms with Crippen molar-refractivity contribution < 1.29 is 18.2 Å². The normalized spacial score (nSPS) is 16.4. The van der Waals surface area contributed by atoms with E-state index in [2.05, 4.69) is 9.88 Å². The second kappa shape index (κ2) is 6.26. The van der Waals surface area contributed by atoms with Gasteiger partial charge in [0.1, 0.15) is 0 Å². The van der Waals surface area contributed by atoms with Gasteiger partial charge in [-0.25, -0.2) is 13.4 Å². The first-order valence-electron chi connectivity index (χ1n) is 7.08. The average molecular weight is 353 g/mol. The summed E-state index contributed by atoms with van der Waals surface area (Å²) in [6.07, 6.45) is 1.84. The number of primary amides is 1. The van der Waals surface area contributed by atoms with Crippen LogP contribution in [-0.2, 0) is 10.0 Å². The number of aromatic nitrogens is 1. The smallest absolute Gasteiger partial charge is 0.274 e. The highest BCUT2D eigenvalue weighted by Gasteiger charge is 2.32. The Morgan fingerprint density at radius 1 is 1.22 bits per heavy atom. The highest BCUT2D eigenvalue weighted by Crippen LogP contribution is 2.24. The summed E-state index contributed by atoms with van der Waals surface area (Å²) in [5, 5.41) is 1.47. The minimum Gasteiger partial charge on any atom is -0.365 e. The number of carbonyl (C=O) groups is 1. The second-order valence-corrected chi connectivity index (χ2v) is 8.00. The molecular weight excluding hydrogens is 336 g/mol. The van der Waals surface area contributed by atoms with E-state index in [0.717, 1.165) is 17.2 Å². The van der Waals surface area contributed by atoms with E-state index in [1.807, 2.05) is 24.4 Å². The number of nitrogens with zero attached hydrogens (tertiary/aromatic N) is 2. The van der Waals surface area contributed by atoms with Crippen LogP contribution in [0.2, 0.25) is 0 Å². The lowest BCUT2D eigenvalue weighted by molar-refractivity contribution is -0.364. The first kappa shape index (κ1) is 15.9. The quantitative estimate of drug-likeness (QED) is 0.847. The Bertz CT molecular complexity index is 796. The molecule has 1 amide bonds. The number of nitrogens with two attached hydrogens (primary N) is 1. The molecule has 2 aromatic rings. The summed E-state index contributed by atoms with van der Waals surface area (Å²) in [6, 6.07) is 7.14. The molecule has 1 aliphatic rings. The van der Waals surface area contributed by atoms with Crippen LogP contribution in [-0.4, -0.2) is 44.8 Å². The lowest BCUT2D eigenvalue weighted by atomic mass is 10.3. The summed E-state index contributed by atoms with van der Waals surface area (Å²) in [5.74, 6) is 0.358. The van der Waals surface area contributed by atoms with Crippen molar-refractivity contribution >= 4 is 33.1 Å². The molecule has 0 unspecified atom stereocenters. The fraction of sp³-hybridized carbons (Fsp3) is 0.286. The molecule has 0 radical (unpaired) electrons. The summed E-state index contributed by atoms with van der Waals surface area (Å²) in [7, 11) is -3.58. The van der Waals surface area contributed by atoms with Crippen molar-refractivity contribution in [1.82, 2.24) is 4.31 Å². The Morgan fingerprint density at radius 2 is 1.96 bits per heavy atom. The fourth-order valence-electron chi connectivity index (χ4n) is 2.48. The topological polar surface area (TPSA) is 97.8 Å². The molecule has 0 atom stereocenters. The molecule has 1 aliphatic heterocycles. The number of H-pyrrole nitrogens is 1. The number of carbonyl (C=O) groups excluding carboxylic acids is 1. The molecule has 7 nitrogen and oxygen atoms in total. The minimum atomic E-state index is -3.58. The molecule has 0 aromatic carbocycles. The Morgan fingerprint density at radius 3 is 2.52 bits per heavy atom. The zero-order valence-corrected chi connectivity index (χ0v) is 13.9. The Hall–Kier alpha value is -1.97. The van der Waals surface area contributed by atoms with E-state index in [1.54, 1.807) is 0 Å². The second-order valence-electron chi connectivity index (χ2n) is 5.15. The number of piperazine rings is 1. The largest absolute Gasteiger partial charge is 0.365 e. The SMILES string of the molecule is NC(=O)c1cc(S(=O)(=O)N2CCN(c3cccc[nH+]3)CC2)cs1. The zero-order chi connectivity index (χ0) is 16.4. The lowest BCUT2D eigenvalue weighted by Crippen LogP contribution is -2.49. The number of rotatable bonds is 4. The van der Waals surface area contributed by atoms with Crippen LogP contribution in [0.15, 0.2) is 40.7 Å². The number of aromatic amines is 1. The molecule has 122 valence electrons. The molecule has 3 heterocycles. The summed E-state index contributed by atoms with van der Waals surface area (Å²) in [4.78, 5) is 16.8. The van der Waals surface area contributed by atoms with Crippen molar-refractivity contribution in [3.8, 4) is 0 Å². The van der Waals surface area contributed by atoms with Crippen molar-refractivity contribution in [2.45, 2.75) is 4.90 Å². The van der Waals surface area contributed by atoms with Gasteiger partial charge in [0, 0.05) is 11.4 Å². The number of hydrogen-bond donors (Lipinski definition) is 1.